The number of phenolic OH excluding ortho intramolecular Hbond substituents is 1. The molecule has 1 aliphatic heterocycles. The van der Waals surface area contributed by atoms with Crippen LogP contribution in [-0.4, -0.2) is 84.6 Å². The number of esters is 1. The number of aromatic hydroxyl groups is 1. The fourth-order valence-corrected chi connectivity index (χ4v) is 5.70. The van der Waals surface area contributed by atoms with E-state index in [9.17, 15) is 32.7 Å². The molecule has 3 aromatic rings. The lowest BCUT2D eigenvalue weighted by molar-refractivity contribution is -0.161. The Morgan fingerprint density at radius 2 is 1.75 bits per heavy atom. The Kier molecular flexibility index (Phi) is 12.9. The van der Waals surface area contributed by atoms with Crippen LogP contribution in [0.5, 0.6) is 5.75 Å². The normalized spacial score (nSPS) is 14.0. The van der Waals surface area contributed by atoms with Crippen molar-refractivity contribution in [1.82, 2.24) is 10.2 Å². The van der Waals surface area contributed by atoms with Crippen molar-refractivity contribution in [2.24, 2.45) is 0 Å². The summed E-state index contributed by atoms with van der Waals surface area (Å²) in [6.07, 6.45) is -3.13. The molecule has 1 aliphatic rings. The number of furan rings is 1. The third-order valence-corrected chi connectivity index (χ3v) is 8.15. The molecule has 0 saturated carbocycles. The Hall–Kier alpha value is -4.08. The third-order valence-electron chi connectivity index (χ3n) is 7.61. The average molecular weight is 711 g/mol. The summed E-state index contributed by atoms with van der Waals surface area (Å²) in [5.74, 6) is 4.94. The molecule has 0 radical (unpaired) electrons. The van der Waals surface area contributed by atoms with Crippen molar-refractivity contribution in [2.75, 3.05) is 49.4 Å². The molecular weight excluding hydrogens is 674 g/mol. The van der Waals surface area contributed by atoms with Gasteiger partial charge in [-0.25, -0.2) is 4.79 Å². The number of benzene rings is 2. The van der Waals surface area contributed by atoms with Crippen molar-refractivity contribution in [3.05, 3.63) is 58.8 Å². The lowest BCUT2D eigenvalue weighted by atomic mass is 9.97. The number of anilines is 1. The summed E-state index contributed by atoms with van der Waals surface area (Å²) in [4.78, 5) is 42.9. The van der Waals surface area contributed by atoms with E-state index in [0.29, 0.717) is 62.4 Å². The van der Waals surface area contributed by atoms with Gasteiger partial charge in [-0.05, 0) is 54.8 Å². The lowest BCUT2D eigenvalue weighted by Gasteiger charge is -2.37. The van der Waals surface area contributed by atoms with Gasteiger partial charge in [0.1, 0.15) is 23.1 Å². The first kappa shape index (κ1) is 36.8. The van der Waals surface area contributed by atoms with Gasteiger partial charge in [-0.3, -0.25) is 9.59 Å². The van der Waals surface area contributed by atoms with Crippen LogP contribution in [0.2, 0.25) is 0 Å². The number of unbranched alkanes of at least 4 members (excludes halogenated alkanes) is 1. The summed E-state index contributed by atoms with van der Waals surface area (Å²) in [7, 11) is 0. The van der Waals surface area contributed by atoms with Crippen LogP contribution in [0, 0.1) is 11.8 Å². The van der Waals surface area contributed by atoms with Crippen LogP contribution < -0.4 is 10.2 Å². The van der Waals surface area contributed by atoms with E-state index in [1.807, 2.05) is 0 Å². The molecule has 14 heteroatoms. The molecule has 0 unspecified atom stereocenters. The van der Waals surface area contributed by atoms with Crippen molar-refractivity contribution in [3.8, 4) is 17.6 Å². The second-order valence-electron chi connectivity index (χ2n) is 11.3. The first-order valence-corrected chi connectivity index (χ1v) is 16.5. The van der Waals surface area contributed by atoms with Gasteiger partial charge in [-0.1, -0.05) is 11.8 Å². The second-order valence-corrected chi connectivity index (χ2v) is 12.0. The van der Waals surface area contributed by atoms with E-state index in [-0.39, 0.29) is 52.7 Å². The first-order valence-electron chi connectivity index (χ1n) is 15.4. The third kappa shape index (κ3) is 9.97. The quantitative estimate of drug-likeness (QED) is 0.106. The first-order chi connectivity index (χ1) is 22.9. The Balaban J connectivity index is 1.68. The highest BCUT2D eigenvalue weighted by molar-refractivity contribution is 6.18. The molecule has 2 N–H and O–H groups in total. The fourth-order valence-electron chi connectivity index (χ4n) is 5.43. The number of halogens is 5. The zero-order chi connectivity index (χ0) is 34.8. The summed E-state index contributed by atoms with van der Waals surface area (Å²) < 4.78 is 49.6. The fraction of sp³-hybridized carbons (Fsp3) is 0.441. The molecular formula is C34H36Cl2F3N3O6. The number of hydrogen-bond donors (Lipinski definition) is 2. The number of rotatable bonds is 12. The Morgan fingerprint density at radius 1 is 1.06 bits per heavy atom. The highest BCUT2D eigenvalue weighted by Gasteiger charge is 2.33. The lowest BCUT2D eigenvalue weighted by Crippen LogP contribution is -2.55. The van der Waals surface area contributed by atoms with E-state index in [1.165, 1.54) is 6.92 Å². The van der Waals surface area contributed by atoms with Gasteiger partial charge < -0.3 is 29.4 Å². The molecule has 2 amide bonds. The molecule has 2 heterocycles. The predicted molar refractivity (Wildman–Crippen MR) is 177 cm³/mol. The highest BCUT2D eigenvalue weighted by atomic mass is 35.5. The van der Waals surface area contributed by atoms with Crippen LogP contribution in [0.3, 0.4) is 0 Å². The van der Waals surface area contributed by atoms with Crippen LogP contribution in [0.25, 0.3) is 11.0 Å². The van der Waals surface area contributed by atoms with Crippen LogP contribution in [-0.2, 0) is 27.2 Å². The minimum atomic E-state index is -4.74. The number of alkyl halides is 5. The number of hydrogen-bond acceptors (Lipinski definition) is 7. The molecule has 0 bridgehead atoms. The number of nitrogens with one attached hydrogen (secondary N) is 1. The molecule has 1 saturated heterocycles. The molecule has 4 rings (SSSR count). The van der Waals surface area contributed by atoms with Crippen molar-refractivity contribution in [1.29, 1.82) is 0 Å². The highest BCUT2D eigenvalue weighted by Crippen LogP contribution is 2.33. The summed E-state index contributed by atoms with van der Waals surface area (Å²) in [6, 6.07) is 9.03. The monoisotopic (exact) mass is 709 g/mol. The summed E-state index contributed by atoms with van der Waals surface area (Å²) >= 11 is 11.7. The number of piperazine rings is 1. The molecule has 1 atom stereocenters. The predicted octanol–water partition coefficient (Wildman–Crippen LogP) is 5.80. The number of aryl methyl sites for hydroxylation is 1. The number of phenols is 1. The molecule has 0 spiro atoms. The zero-order valence-electron chi connectivity index (χ0n) is 26.3. The molecule has 9 nitrogen and oxygen atoms in total. The Bertz CT molecular complexity index is 1660. The Labute approximate surface area is 286 Å². The number of amides is 2. The summed E-state index contributed by atoms with van der Waals surface area (Å²) in [6.45, 7) is 1.34. The largest absolute Gasteiger partial charge is 0.508 e. The van der Waals surface area contributed by atoms with Crippen LogP contribution in [0.4, 0.5) is 18.9 Å². The molecule has 1 aromatic heterocycles. The number of carbonyl (C=O) groups is 3. The van der Waals surface area contributed by atoms with Crippen molar-refractivity contribution in [3.63, 3.8) is 0 Å². The van der Waals surface area contributed by atoms with Gasteiger partial charge in [-0.15, -0.1) is 23.2 Å². The maximum Gasteiger partial charge on any atom is 0.422 e. The molecule has 2 aromatic carbocycles. The van der Waals surface area contributed by atoms with Gasteiger partial charge >= 0.3 is 12.1 Å². The summed E-state index contributed by atoms with van der Waals surface area (Å²) in [5.41, 5.74) is 1.77. The Morgan fingerprint density at radius 3 is 2.38 bits per heavy atom. The topological polar surface area (TPSA) is 112 Å². The smallest absolute Gasteiger partial charge is 0.422 e. The van der Waals surface area contributed by atoms with Crippen LogP contribution in [0.1, 0.15) is 53.4 Å². The minimum absolute atomic E-state index is 0.00210. The minimum Gasteiger partial charge on any atom is -0.508 e. The van der Waals surface area contributed by atoms with Gasteiger partial charge in [0, 0.05) is 75.2 Å². The molecule has 48 heavy (non-hydrogen) atoms. The van der Waals surface area contributed by atoms with E-state index in [0.717, 1.165) is 5.69 Å². The second kappa shape index (κ2) is 16.8. The molecule has 1 fully saturated rings. The van der Waals surface area contributed by atoms with Crippen molar-refractivity contribution >= 4 is 57.6 Å². The number of carbonyl (C=O) groups excluding carboxylic acids is 3. The zero-order valence-corrected chi connectivity index (χ0v) is 27.8. The average Bonchev–Trinajstić information content (AvgIpc) is 3.42. The van der Waals surface area contributed by atoms with E-state index in [4.69, 9.17) is 27.6 Å². The van der Waals surface area contributed by atoms with Gasteiger partial charge in [0.25, 0.3) is 0 Å². The van der Waals surface area contributed by atoms with Gasteiger partial charge in [0.05, 0.1) is 5.56 Å². The van der Waals surface area contributed by atoms with E-state index >= 15 is 0 Å². The van der Waals surface area contributed by atoms with Crippen molar-refractivity contribution in [2.45, 2.75) is 51.2 Å². The molecule has 258 valence electrons. The van der Waals surface area contributed by atoms with E-state index in [1.54, 1.807) is 41.3 Å². The van der Waals surface area contributed by atoms with E-state index < -0.39 is 30.7 Å². The van der Waals surface area contributed by atoms with Crippen molar-refractivity contribution < 1.29 is 41.8 Å². The molecule has 0 aliphatic carbocycles. The van der Waals surface area contributed by atoms with Gasteiger partial charge in [0.15, 0.2) is 12.2 Å². The number of ether oxygens (including phenoxy) is 1. The summed E-state index contributed by atoms with van der Waals surface area (Å²) in [5, 5.41) is 12.5. The SMILES string of the molecule is CC(=O)N[C@@H](Cc1cc(C#CCCCCl)c2oc(CCCCl)c(C(=O)OCC(F)(F)F)c2c1)C(=O)N1CCN(c2ccc(O)cc2)CC1. The van der Waals surface area contributed by atoms with Gasteiger partial charge in [0.2, 0.25) is 11.8 Å². The standard InChI is InChI=1S/C34H36Cl2F3N3O6/c1-22(43)40-28(32(45)42-16-14-41(15-17-42)25-8-10-26(44)11-9-25)20-23-18-24(6-3-2-4-12-35)31-27(19-23)30(29(48-31)7-5-13-36)33(46)47-21-34(37,38)39/h8-11,18-19,28,44H,2,4-5,7,12-17,20-21H2,1H3,(H,40,43)/t28-/m0/s1. The van der Waals surface area contributed by atoms with E-state index in [2.05, 4.69) is 26.8 Å². The van der Waals surface area contributed by atoms with Gasteiger partial charge in [-0.2, -0.15) is 13.2 Å². The maximum atomic E-state index is 13.8. The maximum absolute atomic E-state index is 13.8. The number of nitrogens with zero attached hydrogens (tertiary/aromatic N) is 2. The number of fused-ring (bicyclic) bond motifs is 1. The van der Waals surface area contributed by atoms with Crippen LogP contribution in [0.15, 0.2) is 40.8 Å². The van der Waals surface area contributed by atoms with Crippen LogP contribution >= 0.6 is 23.2 Å².